The van der Waals surface area contributed by atoms with Gasteiger partial charge >= 0.3 is 0 Å². The second kappa shape index (κ2) is 13.4. The van der Waals surface area contributed by atoms with Crippen molar-refractivity contribution in [3.63, 3.8) is 0 Å². The lowest BCUT2D eigenvalue weighted by Gasteiger charge is -2.21. The van der Waals surface area contributed by atoms with Crippen molar-refractivity contribution in [1.29, 1.82) is 0 Å². The summed E-state index contributed by atoms with van der Waals surface area (Å²) in [5, 5.41) is 7.43. The highest BCUT2D eigenvalue weighted by Crippen LogP contribution is 2.52. The second-order valence-corrected chi connectivity index (χ2v) is 17.2. The number of hydrogen-bond acceptors (Lipinski definition) is 3. The van der Waals surface area contributed by atoms with Gasteiger partial charge in [0, 0.05) is 54.7 Å². The molecule has 1 aliphatic carbocycles. The Hall–Kier alpha value is -8.15. The van der Waals surface area contributed by atoms with Crippen LogP contribution in [0.3, 0.4) is 0 Å². The molecule has 9 aromatic carbocycles. The van der Waals surface area contributed by atoms with E-state index in [1.165, 1.54) is 71.1 Å². The fourth-order valence-corrected chi connectivity index (χ4v) is 10.4. The minimum Gasteiger partial charge on any atom is -0.309 e. The molecule has 0 spiro atoms. The van der Waals surface area contributed by atoms with Gasteiger partial charge in [-0.05, 0) is 82.2 Å². The number of nitrogens with zero attached hydrogens (tertiary/aromatic N) is 5. The van der Waals surface area contributed by atoms with E-state index in [9.17, 15) is 0 Å². The molecule has 0 amide bonds. The van der Waals surface area contributed by atoms with Crippen LogP contribution in [0.2, 0.25) is 0 Å². The molecule has 3 aromatic heterocycles. The molecule has 0 aliphatic heterocycles. The van der Waals surface area contributed by atoms with Crippen molar-refractivity contribution in [2.24, 2.45) is 0 Å². The van der Waals surface area contributed by atoms with E-state index in [2.05, 4.69) is 163 Å². The average molecular weight is 806 g/mol. The van der Waals surface area contributed by atoms with Crippen molar-refractivity contribution < 1.29 is 0 Å². The van der Waals surface area contributed by atoms with Crippen LogP contribution in [0.1, 0.15) is 25.0 Å². The van der Waals surface area contributed by atoms with Gasteiger partial charge < -0.3 is 9.13 Å². The van der Waals surface area contributed by atoms with Crippen LogP contribution in [0.15, 0.2) is 200 Å². The summed E-state index contributed by atoms with van der Waals surface area (Å²) in [6.45, 7) is 4.74. The fourth-order valence-electron chi connectivity index (χ4n) is 10.4. The summed E-state index contributed by atoms with van der Waals surface area (Å²) in [6, 6.07) is 71.9. The van der Waals surface area contributed by atoms with Gasteiger partial charge in [-0.1, -0.05) is 159 Å². The minimum absolute atomic E-state index is 0.142. The van der Waals surface area contributed by atoms with Gasteiger partial charge in [0.05, 0.1) is 27.8 Å². The molecule has 1 aliphatic rings. The third-order valence-electron chi connectivity index (χ3n) is 13.4. The molecule has 0 radical (unpaired) electrons. The van der Waals surface area contributed by atoms with E-state index in [1.54, 1.807) is 0 Å². The second-order valence-electron chi connectivity index (χ2n) is 17.2. The predicted octanol–water partition coefficient (Wildman–Crippen LogP) is 14.5. The minimum atomic E-state index is -0.142. The molecule has 13 rings (SSSR count). The standard InChI is InChI=1S/C58H39N5/c1-58(2)47-26-14-11-21-40(47)45-34-51-46(33-48(45)58)54-44-25-10-9-24-43(44)52(63-49-27-15-12-22-41(49)42-23-13-16-28-50(42)63)35-53(54)62(51)39-31-29-38(30-32-39)57-60-55(36-17-5-3-6-18-36)59-56(61-57)37-19-7-4-8-20-37/h3-35H,1-2H3. The van der Waals surface area contributed by atoms with E-state index >= 15 is 0 Å². The summed E-state index contributed by atoms with van der Waals surface area (Å²) < 4.78 is 4.94. The van der Waals surface area contributed by atoms with Gasteiger partial charge in [-0.25, -0.2) is 15.0 Å². The summed E-state index contributed by atoms with van der Waals surface area (Å²) in [7, 11) is 0. The number of aromatic nitrogens is 5. The van der Waals surface area contributed by atoms with Crippen molar-refractivity contribution in [2.75, 3.05) is 0 Å². The lowest BCUT2D eigenvalue weighted by Crippen LogP contribution is -2.14. The average Bonchev–Trinajstić information content (AvgIpc) is 3.93. The van der Waals surface area contributed by atoms with Gasteiger partial charge in [0.2, 0.25) is 0 Å². The maximum Gasteiger partial charge on any atom is 0.164 e. The van der Waals surface area contributed by atoms with E-state index < -0.39 is 0 Å². The van der Waals surface area contributed by atoms with Crippen LogP contribution in [-0.4, -0.2) is 24.1 Å². The normalized spacial score (nSPS) is 13.0. The number of para-hydroxylation sites is 2. The van der Waals surface area contributed by atoms with Crippen LogP contribution in [0.4, 0.5) is 0 Å². The highest BCUT2D eigenvalue weighted by molar-refractivity contribution is 6.24. The Morgan fingerprint density at radius 3 is 1.48 bits per heavy atom. The van der Waals surface area contributed by atoms with Gasteiger partial charge in [0.15, 0.2) is 17.5 Å². The molecule has 296 valence electrons. The molecule has 0 saturated heterocycles. The van der Waals surface area contributed by atoms with E-state index in [1.807, 2.05) is 60.7 Å². The van der Waals surface area contributed by atoms with Crippen LogP contribution in [-0.2, 0) is 5.41 Å². The highest BCUT2D eigenvalue weighted by Gasteiger charge is 2.36. The molecule has 0 atom stereocenters. The summed E-state index contributed by atoms with van der Waals surface area (Å²) in [5.41, 5.74) is 14.9. The lowest BCUT2D eigenvalue weighted by atomic mass is 9.82. The molecule has 0 unspecified atom stereocenters. The summed E-state index contributed by atoms with van der Waals surface area (Å²) in [4.78, 5) is 15.1. The monoisotopic (exact) mass is 805 g/mol. The van der Waals surface area contributed by atoms with Crippen molar-refractivity contribution in [3.05, 3.63) is 211 Å². The van der Waals surface area contributed by atoms with Crippen molar-refractivity contribution in [2.45, 2.75) is 19.3 Å². The largest absolute Gasteiger partial charge is 0.309 e. The number of fused-ring (bicyclic) bond motifs is 11. The fraction of sp³-hybridized carbons (Fsp3) is 0.0517. The molecule has 5 heteroatoms. The van der Waals surface area contributed by atoms with Gasteiger partial charge in [0.25, 0.3) is 0 Å². The zero-order chi connectivity index (χ0) is 41.8. The van der Waals surface area contributed by atoms with Gasteiger partial charge in [0.1, 0.15) is 0 Å². The third kappa shape index (κ3) is 5.26. The van der Waals surface area contributed by atoms with Crippen LogP contribution >= 0.6 is 0 Å². The first kappa shape index (κ1) is 35.6. The maximum atomic E-state index is 5.06. The molecular formula is C58H39N5. The number of hydrogen-bond donors (Lipinski definition) is 0. The maximum absolute atomic E-state index is 5.06. The molecule has 63 heavy (non-hydrogen) atoms. The Bertz CT molecular complexity index is 3690. The van der Waals surface area contributed by atoms with E-state index in [0.29, 0.717) is 17.5 Å². The molecular weight excluding hydrogens is 767 g/mol. The predicted molar refractivity (Wildman–Crippen MR) is 260 cm³/mol. The molecule has 0 N–H and O–H groups in total. The number of rotatable bonds is 5. The SMILES string of the molecule is CC1(C)c2ccccc2-c2cc3c(cc21)c1c2ccccc2c(-n2c4ccccc4c4ccccc42)cc1n3-c1ccc(-c2nc(-c3ccccc3)nc(-c3ccccc3)n2)cc1. The quantitative estimate of drug-likeness (QED) is 0.174. The first-order valence-electron chi connectivity index (χ1n) is 21.6. The summed E-state index contributed by atoms with van der Waals surface area (Å²) in [6.07, 6.45) is 0. The molecule has 0 fully saturated rings. The molecule has 0 bridgehead atoms. The van der Waals surface area contributed by atoms with Gasteiger partial charge in [-0.2, -0.15) is 0 Å². The molecule has 0 saturated carbocycles. The lowest BCUT2D eigenvalue weighted by molar-refractivity contribution is 0.661. The van der Waals surface area contributed by atoms with E-state index in [4.69, 9.17) is 15.0 Å². The third-order valence-corrected chi connectivity index (χ3v) is 13.4. The zero-order valence-corrected chi connectivity index (χ0v) is 34.8. The van der Waals surface area contributed by atoms with Crippen LogP contribution in [0.5, 0.6) is 0 Å². The topological polar surface area (TPSA) is 48.5 Å². The van der Waals surface area contributed by atoms with E-state index in [0.717, 1.165) is 33.6 Å². The van der Waals surface area contributed by atoms with Crippen LogP contribution in [0.25, 0.3) is 111 Å². The van der Waals surface area contributed by atoms with Crippen LogP contribution in [0, 0.1) is 0 Å². The van der Waals surface area contributed by atoms with Crippen molar-refractivity contribution in [1.82, 2.24) is 24.1 Å². The Kier molecular flexibility index (Phi) is 7.58. The zero-order valence-electron chi connectivity index (χ0n) is 34.8. The molecule has 12 aromatic rings. The molecule has 5 nitrogen and oxygen atoms in total. The smallest absolute Gasteiger partial charge is 0.164 e. The van der Waals surface area contributed by atoms with Crippen molar-refractivity contribution in [3.8, 4) is 56.7 Å². The Morgan fingerprint density at radius 2 is 0.857 bits per heavy atom. The summed E-state index contributed by atoms with van der Waals surface area (Å²) in [5.74, 6) is 1.92. The first-order chi connectivity index (χ1) is 31.0. The van der Waals surface area contributed by atoms with Gasteiger partial charge in [-0.3, -0.25) is 0 Å². The summed E-state index contributed by atoms with van der Waals surface area (Å²) >= 11 is 0. The first-order valence-corrected chi connectivity index (χ1v) is 21.6. The number of benzene rings is 9. The van der Waals surface area contributed by atoms with Crippen LogP contribution < -0.4 is 0 Å². The Labute approximate surface area is 364 Å². The highest BCUT2D eigenvalue weighted by atomic mass is 15.0. The van der Waals surface area contributed by atoms with E-state index in [-0.39, 0.29) is 5.41 Å². The Balaban J connectivity index is 1.09. The van der Waals surface area contributed by atoms with Crippen molar-refractivity contribution >= 4 is 54.4 Å². The Morgan fingerprint density at radius 1 is 0.349 bits per heavy atom. The van der Waals surface area contributed by atoms with Gasteiger partial charge in [-0.15, -0.1) is 0 Å². The molecule has 3 heterocycles.